The topological polar surface area (TPSA) is 102 Å². The second-order valence-electron chi connectivity index (χ2n) is 8.97. The van der Waals surface area contributed by atoms with Crippen molar-refractivity contribution < 1.29 is 9.90 Å². The molecule has 1 aromatic carbocycles. The number of nitrogens with zero attached hydrogens (tertiary/aromatic N) is 3. The first-order valence-electron chi connectivity index (χ1n) is 11.6. The molecule has 0 bridgehead atoms. The van der Waals surface area contributed by atoms with E-state index in [1.165, 1.54) is 0 Å². The highest BCUT2D eigenvalue weighted by Crippen LogP contribution is 2.32. The summed E-state index contributed by atoms with van der Waals surface area (Å²) in [6.45, 7) is 3.88. The number of anilines is 1. The van der Waals surface area contributed by atoms with Crippen LogP contribution in [0.15, 0.2) is 47.4 Å². The van der Waals surface area contributed by atoms with Crippen LogP contribution in [-0.2, 0) is 0 Å². The van der Waals surface area contributed by atoms with Crippen molar-refractivity contribution in [2.75, 3.05) is 38.1 Å². The number of likely N-dealkylation sites (tertiary alicyclic amines) is 1. The third-order valence-corrected chi connectivity index (χ3v) is 7.08. The molecule has 1 amide bonds. The molecule has 2 aromatic heterocycles. The standard InChI is InChI=1S/C25H29N5O3/c1-26-24(32)20-6-5-19(14-27-20)29-11-8-18(9-12-29)30-10-7-17(15-30)21-13-16-3-2-4-22(31)23(16)25(33)28-21/h2-6,13-14,17-18,31H,7-12,15H2,1H3,(H,26,32)(H,28,33). The number of H-pyrrole nitrogens is 1. The fourth-order valence-corrected chi connectivity index (χ4v) is 5.24. The maximum Gasteiger partial charge on any atom is 0.269 e. The van der Waals surface area contributed by atoms with Gasteiger partial charge in [0.05, 0.1) is 17.3 Å². The number of carbonyl (C=O) groups excluding carboxylic acids is 1. The van der Waals surface area contributed by atoms with E-state index >= 15 is 0 Å². The van der Waals surface area contributed by atoms with E-state index in [0.717, 1.165) is 62.2 Å². The molecule has 172 valence electrons. The highest BCUT2D eigenvalue weighted by atomic mass is 16.3. The van der Waals surface area contributed by atoms with Crippen LogP contribution in [0.3, 0.4) is 0 Å². The van der Waals surface area contributed by atoms with E-state index in [1.54, 1.807) is 31.4 Å². The number of aromatic nitrogens is 2. The molecule has 33 heavy (non-hydrogen) atoms. The Bertz CT molecular complexity index is 1210. The van der Waals surface area contributed by atoms with Crippen molar-refractivity contribution >= 4 is 22.4 Å². The lowest BCUT2D eigenvalue weighted by molar-refractivity contribution is 0.0958. The molecule has 2 fully saturated rings. The molecule has 0 radical (unpaired) electrons. The highest BCUT2D eigenvalue weighted by Gasteiger charge is 2.32. The molecular weight excluding hydrogens is 418 g/mol. The van der Waals surface area contributed by atoms with Crippen molar-refractivity contribution in [3.05, 3.63) is 64.3 Å². The normalized spacial score (nSPS) is 19.8. The zero-order valence-corrected chi connectivity index (χ0v) is 18.8. The number of piperidine rings is 1. The van der Waals surface area contributed by atoms with E-state index in [2.05, 4.69) is 25.1 Å². The molecule has 4 heterocycles. The summed E-state index contributed by atoms with van der Waals surface area (Å²) >= 11 is 0. The van der Waals surface area contributed by atoms with Gasteiger partial charge in [0, 0.05) is 44.3 Å². The Labute approximate surface area is 192 Å². The van der Waals surface area contributed by atoms with Crippen molar-refractivity contribution in [3.63, 3.8) is 0 Å². The van der Waals surface area contributed by atoms with Crippen LogP contribution >= 0.6 is 0 Å². The molecule has 0 aliphatic carbocycles. The second-order valence-corrected chi connectivity index (χ2v) is 8.97. The minimum Gasteiger partial charge on any atom is -0.507 e. The molecule has 1 unspecified atom stereocenters. The lowest BCUT2D eigenvalue weighted by atomic mass is 10.0. The van der Waals surface area contributed by atoms with Gasteiger partial charge >= 0.3 is 0 Å². The van der Waals surface area contributed by atoms with Crippen molar-refractivity contribution in [2.45, 2.75) is 31.2 Å². The summed E-state index contributed by atoms with van der Waals surface area (Å²) < 4.78 is 0. The number of pyridine rings is 2. The second kappa shape index (κ2) is 8.86. The first-order chi connectivity index (χ1) is 16.0. The predicted molar refractivity (Wildman–Crippen MR) is 128 cm³/mol. The van der Waals surface area contributed by atoms with E-state index in [-0.39, 0.29) is 17.2 Å². The molecule has 2 saturated heterocycles. The zero-order valence-electron chi connectivity index (χ0n) is 18.8. The lowest BCUT2D eigenvalue weighted by Gasteiger charge is -2.37. The monoisotopic (exact) mass is 447 g/mol. The van der Waals surface area contributed by atoms with Gasteiger partial charge in [0.2, 0.25) is 0 Å². The number of nitrogens with one attached hydrogen (secondary N) is 2. The van der Waals surface area contributed by atoms with Gasteiger partial charge in [-0.2, -0.15) is 0 Å². The van der Waals surface area contributed by atoms with Gasteiger partial charge in [0.1, 0.15) is 11.4 Å². The Hall–Kier alpha value is -3.39. The number of aromatic amines is 1. The fraction of sp³-hybridized carbons (Fsp3) is 0.400. The maximum atomic E-state index is 12.5. The van der Waals surface area contributed by atoms with Crippen LogP contribution in [0.2, 0.25) is 0 Å². The summed E-state index contributed by atoms with van der Waals surface area (Å²) in [6.07, 6.45) is 4.95. The molecule has 8 heteroatoms. The lowest BCUT2D eigenvalue weighted by Crippen LogP contribution is -2.44. The number of hydrogen-bond donors (Lipinski definition) is 3. The fourth-order valence-electron chi connectivity index (χ4n) is 5.24. The van der Waals surface area contributed by atoms with Crippen LogP contribution in [0.5, 0.6) is 5.75 Å². The van der Waals surface area contributed by atoms with Gasteiger partial charge in [-0.25, -0.2) is 4.98 Å². The van der Waals surface area contributed by atoms with E-state index < -0.39 is 0 Å². The number of phenols is 1. The molecule has 2 aliphatic heterocycles. The van der Waals surface area contributed by atoms with Crippen LogP contribution in [0.4, 0.5) is 5.69 Å². The minimum absolute atomic E-state index is 0.0265. The van der Waals surface area contributed by atoms with Gasteiger partial charge < -0.3 is 20.3 Å². The number of fused-ring (bicyclic) bond motifs is 1. The number of rotatable bonds is 4. The van der Waals surface area contributed by atoms with Crippen molar-refractivity contribution in [3.8, 4) is 5.75 Å². The van der Waals surface area contributed by atoms with Gasteiger partial charge in [0.15, 0.2) is 0 Å². The summed E-state index contributed by atoms with van der Waals surface area (Å²) in [6, 6.07) is 11.5. The molecule has 3 aromatic rings. The van der Waals surface area contributed by atoms with E-state index in [4.69, 9.17) is 0 Å². The summed E-state index contributed by atoms with van der Waals surface area (Å²) in [7, 11) is 1.61. The first kappa shape index (κ1) is 21.5. The van der Waals surface area contributed by atoms with Crippen LogP contribution in [0, 0.1) is 0 Å². The molecule has 0 spiro atoms. The molecular formula is C25H29N5O3. The average molecular weight is 448 g/mol. The quantitative estimate of drug-likeness (QED) is 0.568. The van der Waals surface area contributed by atoms with Crippen LogP contribution in [0.25, 0.3) is 10.8 Å². The Balaban J connectivity index is 1.21. The van der Waals surface area contributed by atoms with E-state index in [0.29, 0.717) is 23.0 Å². The Morgan fingerprint density at radius 3 is 2.70 bits per heavy atom. The Morgan fingerprint density at radius 2 is 1.97 bits per heavy atom. The predicted octanol–water partition coefficient (Wildman–Crippen LogP) is 2.45. The summed E-state index contributed by atoms with van der Waals surface area (Å²) in [5.41, 5.74) is 2.22. The largest absolute Gasteiger partial charge is 0.507 e. The third kappa shape index (κ3) is 4.18. The van der Waals surface area contributed by atoms with Gasteiger partial charge in [-0.15, -0.1) is 0 Å². The molecule has 0 saturated carbocycles. The number of aromatic hydroxyl groups is 1. The van der Waals surface area contributed by atoms with Crippen LogP contribution in [0.1, 0.15) is 41.4 Å². The van der Waals surface area contributed by atoms with Crippen molar-refractivity contribution in [2.24, 2.45) is 0 Å². The number of carbonyl (C=O) groups is 1. The van der Waals surface area contributed by atoms with E-state index in [9.17, 15) is 14.7 Å². The average Bonchev–Trinajstić information content (AvgIpc) is 3.34. The van der Waals surface area contributed by atoms with Crippen molar-refractivity contribution in [1.82, 2.24) is 20.2 Å². The molecule has 8 nitrogen and oxygen atoms in total. The first-order valence-corrected chi connectivity index (χ1v) is 11.6. The summed E-state index contributed by atoms with van der Waals surface area (Å²) in [4.78, 5) is 36.4. The Kier molecular flexibility index (Phi) is 5.76. The van der Waals surface area contributed by atoms with Gasteiger partial charge in [-0.1, -0.05) is 12.1 Å². The number of phenolic OH excluding ortho intramolecular Hbond substituents is 1. The molecule has 1 atom stereocenters. The highest BCUT2D eigenvalue weighted by molar-refractivity contribution is 5.92. The van der Waals surface area contributed by atoms with E-state index in [1.807, 2.05) is 18.2 Å². The molecule has 3 N–H and O–H groups in total. The Morgan fingerprint density at radius 1 is 1.15 bits per heavy atom. The van der Waals surface area contributed by atoms with Gasteiger partial charge in [0.25, 0.3) is 11.5 Å². The van der Waals surface area contributed by atoms with Crippen LogP contribution < -0.4 is 15.8 Å². The summed E-state index contributed by atoms with van der Waals surface area (Å²) in [5, 5.41) is 13.8. The maximum absolute atomic E-state index is 12.5. The van der Waals surface area contributed by atoms with Gasteiger partial charge in [-0.3, -0.25) is 14.5 Å². The number of amides is 1. The van der Waals surface area contributed by atoms with Crippen LogP contribution in [-0.4, -0.2) is 65.2 Å². The number of benzene rings is 1. The van der Waals surface area contributed by atoms with Crippen molar-refractivity contribution in [1.29, 1.82) is 0 Å². The summed E-state index contributed by atoms with van der Waals surface area (Å²) in [5.74, 6) is 0.149. The third-order valence-electron chi connectivity index (χ3n) is 7.08. The minimum atomic E-state index is -0.219. The van der Waals surface area contributed by atoms with Gasteiger partial charge in [-0.05, 0) is 55.5 Å². The smallest absolute Gasteiger partial charge is 0.269 e. The number of hydrogen-bond acceptors (Lipinski definition) is 6. The zero-order chi connectivity index (χ0) is 22.9. The molecule has 5 rings (SSSR count). The molecule has 2 aliphatic rings. The SMILES string of the molecule is CNC(=O)c1ccc(N2CCC(N3CCC(c4cc5cccc(O)c5c(=O)[nH]4)C3)CC2)cn1.